The Morgan fingerprint density at radius 2 is 2.00 bits per heavy atom. The van der Waals surface area contributed by atoms with Crippen LogP contribution < -0.4 is 10.1 Å². The Labute approximate surface area is 128 Å². The molecule has 1 amide bonds. The molecule has 0 heterocycles. The van der Waals surface area contributed by atoms with Crippen molar-refractivity contribution < 1.29 is 28.9 Å². The summed E-state index contributed by atoms with van der Waals surface area (Å²) in [6.45, 7) is 4.79. The smallest absolute Gasteiger partial charge is 0.407 e. The van der Waals surface area contributed by atoms with Gasteiger partial charge in [0.05, 0.1) is 12.7 Å². The number of alkyl carbamates (subject to hydrolysis) is 1. The highest BCUT2D eigenvalue weighted by Crippen LogP contribution is 2.29. The van der Waals surface area contributed by atoms with E-state index in [0.717, 1.165) is 6.07 Å². The summed E-state index contributed by atoms with van der Waals surface area (Å²) >= 11 is 0. The second-order valence-electron chi connectivity index (χ2n) is 5.75. The number of aliphatic hydroxyl groups is 2. The first kappa shape index (κ1) is 18.2. The van der Waals surface area contributed by atoms with E-state index in [1.165, 1.54) is 19.2 Å². The zero-order valence-corrected chi connectivity index (χ0v) is 13.1. The van der Waals surface area contributed by atoms with Crippen LogP contribution in [0.5, 0.6) is 5.75 Å². The number of benzene rings is 1. The fourth-order valence-electron chi connectivity index (χ4n) is 1.79. The van der Waals surface area contributed by atoms with Crippen molar-refractivity contribution in [2.24, 2.45) is 0 Å². The van der Waals surface area contributed by atoms with Crippen molar-refractivity contribution in [3.63, 3.8) is 0 Å². The molecule has 6 nitrogen and oxygen atoms in total. The molecule has 0 saturated carbocycles. The largest absolute Gasteiger partial charge is 0.496 e. The number of rotatable bonds is 5. The van der Waals surface area contributed by atoms with Gasteiger partial charge >= 0.3 is 6.09 Å². The Hall–Kier alpha value is -1.86. The summed E-state index contributed by atoms with van der Waals surface area (Å²) in [5, 5.41) is 22.3. The molecule has 0 aliphatic carbocycles. The number of methoxy groups -OCH3 is 1. The molecule has 0 bridgehead atoms. The first-order valence-electron chi connectivity index (χ1n) is 6.81. The third-order valence-corrected chi connectivity index (χ3v) is 2.75. The summed E-state index contributed by atoms with van der Waals surface area (Å²) in [5.74, 6) is -0.591. The molecule has 0 aromatic heterocycles. The zero-order chi connectivity index (χ0) is 16.9. The molecule has 0 aliphatic rings. The van der Waals surface area contributed by atoms with Crippen LogP contribution in [0.2, 0.25) is 0 Å². The third-order valence-electron chi connectivity index (χ3n) is 2.75. The lowest BCUT2D eigenvalue weighted by Gasteiger charge is -2.23. The van der Waals surface area contributed by atoms with E-state index in [0.29, 0.717) is 0 Å². The number of halogens is 1. The van der Waals surface area contributed by atoms with Crippen molar-refractivity contribution in [1.82, 2.24) is 5.32 Å². The lowest BCUT2D eigenvalue weighted by Crippen LogP contribution is -2.39. The zero-order valence-electron chi connectivity index (χ0n) is 13.1. The highest BCUT2D eigenvalue weighted by Gasteiger charge is 2.26. The monoisotopic (exact) mass is 315 g/mol. The molecule has 0 fully saturated rings. The van der Waals surface area contributed by atoms with Gasteiger partial charge in [0.1, 0.15) is 29.4 Å². The SMILES string of the molecule is COc1cccc(F)c1C(O)C(O)CNC(=O)OC(C)(C)C. The predicted octanol–water partition coefficient (Wildman–Crippen LogP) is 1.75. The molecule has 0 radical (unpaired) electrons. The Bertz CT molecular complexity index is 515. The minimum Gasteiger partial charge on any atom is -0.496 e. The number of nitrogens with one attached hydrogen (secondary N) is 1. The second-order valence-corrected chi connectivity index (χ2v) is 5.75. The normalized spacial score (nSPS) is 14.1. The molecule has 2 atom stereocenters. The van der Waals surface area contributed by atoms with Crippen LogP contribution in [-0.2, 0) is 4.74 Å². The maximum Gasteiger partial charge on any atom is 0.407 e. The minimum atomic E-state index is -1.55. The second kappa shape index (κ2) is 7.42. The predicted molar refractivity (Wildman–Crippen MR) is 78.2 cm³/mol. The van der Waals surface area contributed by atoms with Crippen LogP contribution in [-0.4, -0.2) is 41.7 Å². The van der Waals surface area contributed by atoms with Crippen LogP contribution in [0.4, 0.5) is 9.18 Å². The Morgan fingerprint density at radius 3 is 2.55 bits per heavy atom. The van der Waals surface area contributed by atoms with Crippen LogP contribution in [0, 0.1) is 5.82 Å². The van der Waals surface area contributed by atoms with Crippen molar-refractivity contribution in [1.29, 1.82) is 0 Å². The van der Waals surface area contributed by atoms with Crippen molar-refractivity contribution in [2.45, 2.75) is 38.6 Å². The lowest BCUT2D eigenvalue weighted by atomic mass is 10.0. The fourth-order valence-corrected chi connectivity index (χ4v) is 1.79. The minimum absolute atomic E-state index is 0.115. The maximum absolute atomic E-state index is 13.8. The molecule has 0 saturated heterocycles. The quantitative estimate of drug-likeness (QED) is 0.770. The molecular formula is C15H22FNO5. The molecule has 7 heteroatoms. The van der Waals surface area contributed by atoms with Crippen LogP contribution in [0.25, 0.3) is 0 Å². The summed E-state index contributed by atoms with van der Waals surface area (Å²) < 4.78 is 23.8. The molecule has 1 aromatic rings. The summed E-state index contributed by atoms with van der Waals surface area (Å²) in [7, 11) is 1.33. The molecule has 124 valence electrons. The van der Waals surface area contributed by atoms with Gasteiger partial charge in [0.2, 0.25) is 0 Å². The summed E-state index contributed by atoms with van der Waals surface area (Å²) in [4.78, 5) is 11.5. The Balaban J connectivity index is 2.70. The van der Waals surface area contributed by atoms with Crippen molar-refractivity contribution in [2.75, 3.05) is 13.7 Å². The molecule has 3 N–H and O–H groups in total. The topological polar surface area (TPSA) is 88.0 Å². The van der Waals surface area contributed by atoms with E-state index in [2.05, 4.69) is 5.32 Å². The van der Waals surface area contributed by atoms with Gasteiger partial charge in [-0.15, -0.1) is 0 Å². The van der Waals surface area contributed by atoms with E-state index >= 15 is 0 Å². The average Bonchev–Trinajstić information content (AvgIpc) is 2.41. The molecule has 0 aliphatic heterocycles. The van der Waals surface area contributed by atoms with Crippen molar-refractivity contribution in [3.05, 3.63) is 29.6 Å². The summed E-state index contributed by atoms with van der Waals surface area (Å²) in [6, 6.07) is 4.04. The van der Waals surface area contributed by atoms with E-state index in [-0.39, 0.29) is 17.9 Å². The van der Waals surface area contributed by atoms with E-state index in [9.17, 15) is 19.4 Å². The van der Waals surface area contributed by atoms with E-state index < -0.39 is 29.7 Å². The first-order chi connectivity index (χ1) is 10.2. The van der Waals surface area contributed by atoms with Gasteiger partial charge < -0.3 is 25.0 Å². The number of hydrogen-bond acceptors (Lipinski definition) is 5. The van der Waals surface area contributed by atoms with Gasteiger partial charge in [-0.05, 0) is 32.9 Å². The van der Waals surface area contributed by atoms with Crippen LogP contribution >= 0.6 is 0 Å². The van der Waals surface area contributed by atoms with Crippen molar-refractivity contribution in [3.8, 4) is 5.75 Å². The van der Waals surface area contributed by atoms with Gasteiger partial charge in [0.15, 0.2) is 0 Å². The van der Waals surface area contributed by atoms with Gasteiger partial charge in [-0.2, -0.15) is 0 Å². The lowest BCUT2D eigenvalue weighted by molar-refractivity contribution is 0.0102. The van der Waals surface area contributed by atoms with Crippen LogP contribution in [0.1, 0.15) is 32.4 Å². The van der Waals surface area contributed by atoms with Gasteiger partial charge in [0.25, 0.3) is 0 Å². The number of aliphatic hydroxyl groups excluding tert-OH is 2. The van der Waals surface area contributed by atoms with Gasteiger partial charge in [-0.25, -0.2) is 9.18 Å². The molecule has 1 aromatic carbocycles. The van der Waals surface area contributed by atoms with Crippen LogP contribution in [0.15, 0.2) is 18.2 Å². The van der Waals surface area contributed by atoms with E-state index in [4.69, 9.17) is 9.47 Å². The fraction of sp³-hybridized carbons (Fsp3) is 0.533. The number of amides is 1. The maximum atomic E-state index is 13.8. The molecule has 2 unspecified atom stereocenters. The van der Waals surface area contributed by atoms with Crippen molar-refractivity contribution >= 4 is 6.09 Å². The highest BCUT2D eigenvalue weighted by atomic mass is 19.1. The Morgan fingerprint density at radius 1 is 1.36 bits per heavy atom. The van der Waals surface area contributed by atoms with Gasteiger partial charge in [0, 0.05) is 6.54 Å². The summed E-state index contributed by atoms with van der Waals surface area (Å²) in [6.07, 6.45) is -3.70. The average molecular weight is 315 g/mol. The molecule has 1 rings (SSSR count). The molecule has 0 spiro atoms. The van der Waals surface area contributed by atoms with Gasteiger partial charge in [-0.1, -0.05) is 6.07 Å². The molecular weight excluding hydrogens is 293 g/mol. The number of carbonyl (C=O) groups is 1. The standard InChI is InChI=1S/C15H22FNO5/c1-15(2,3)22-14(20)17-8-10(18)13(19)12-9(16)6-5-7-11(12)21-4/h5-7,10,13,18-19H,8H2,1-4H3,(H,17,20). The number of carbonyl (C=O) groups excluding carboxylic acids is 1. The number of ether oxygens (including phenoxy) is 2. The Kier molecular flexibility index (Phi) is 6.13. The first-order valence-corrected chi connectivity index (χ1v) is 6.81. The summed E-state index contributed by atoms with van der Waals surface area (Å²) in [5.41, 5.74) is -0.842. The van der Waals surface area contributed by atoms with E-state index in [1.807, 2.05) is 0 Å². The third kappa shape index (κ3) is 5.16. The van der Waals surface area contributed by atoms with E-state index in [1.54, 1.807) is 20.8 Å². The molecule has 22 heavy (non-hydrogen) atoms. The van der Waals surface area contributed by atoms with Crippen LogP contribution in [0.3, 0.4) is 0 Å². The highest BCUT2D eigenvalue weighted by molar-refractivity contribution is 5.67. The number of hydrogen-bond donors (Lipinski definition) is 3. The van der Waals surface area contributed by atoms with Gasteiger partial charge in [-0.3, -0.25) is 0 Å².